The number of benzene rings is 1. The number of hydrogen-bond acceptors (Lipinski definition) is 4. The highest BCUT2D eigenvalue weighted by molar-refractivity contribution is 7.80. The van der Waals surface area contributed by atoms with E-state index in [9.17, 15) is 13.6 Å². The van der Waals surface area contributed by atoms with Crippen molar-refractivity contribution in [2.75, 3.05) is 6.61 Å². The maximum atomic E-state index is 12.5. The third-order valence-electron chi connectivity index (χ3n) is 5.03. The number of rotatable bonds is 6. The minimum Gasteiger partial charge on any atom is -0.490 e. The van der Waals surface area contributed by atoms with Gasteiger partial charge in [0.25, 0.3) is 5.91 Å². The van der Waals surface area contributed by atoms with Crippen LogP contribution in [0.3, 0.4) is 0 Å². The molecule has 0 bridgehead atoms. The number of thiocarbonyl (C=S) groups is 1. The third kappa shape index (κ3) is 6.19. The average molecular weight is 416 g/mol. The number of carbonyl (C=O) groups is 1. The van der Waals surface area contributed by atoms with Crippen LogP contribution < -0.4 is 25.6 Å². The molecule has 6 nitrogen and oxygen atoms in total. The van der Waals surface area contributed by atoms with Crippen molar-refractivity contribution in [2.45, 2.75) is 52.7 Å². The van der Waals surface area contributed by atoms with Crippen LogP contribution in [0, 0.1) is 11.8 Å². The molecule has 0 heterocycles. The molecule has 1 aliphatic rings. The molecule has 9 heteroatoms. The van der Waals surface area contributed by atoms with Gasteiger partial charge >= 0.3 is 6.61 Å². The van der Waals surface area contributed by atoms with Crippen LogP contribution in [-0.2, 0) is 0 Å². The maximum Gasteiger partial charge on any atom is 0.387 e. The molecule has 1 saturated carbocycles. The second-order valence-corrected chi connectivity index (χ2v) is 7.31. The van der Waals surface area contributed by atoms with Crippen LogP contribution in [-0.4, -0.2) is 30.3 Å². The zero-order chi connectivity index (χ0) is 20.7. The lowest BCUT2D eigenvalue weighted by atomic mass is 9.78. The monoisotopic (exact) mass is 415 g/mol. The molecule has 1 aliphatic carbocycles. The van der Waals surface area contributed by atoms with Crippen molar-refractivity contribution >= 4 is 23.2 Å². The minimum absolute atomic E-state index is 0.0705. The molecule has 0 spiro atoms. The molecule has 1 fully saturated rings. The number of hydrazine groups is 1. The maximum absolute atomic E-state index is 12.5. The van der Waals surface area contributed by atoms with E-state index in [0.717, 1.165) is 12.8 Å². The summed E-state index contributed by atoms with van der Waals surface area (Å²) in [5.74, 6) is 0.578. The van der Waals surface area contributed by atoms with E-state index in [4.69, 9.17) is 17.0 Å². The number of nitrogens with one attached hydrogen (secondary N) is 3. The van der Waals surface area contributed by atoms with Crippen molar-refractivity contribution in [3.05, 3.63) is 23.8 Å². The van der Waals surface area contributed by atoms with E-state index in [1.165, 1.54) is 24.6 Å². The predicted octanol–water partition coefficient (Wildman–Crippen LogP) is 3.62. The summed E-state index contributed by atoms with van der Waals surface area (Å²) in [5, 5.41) is 3.58. The third-order valence-corrected chi connectivity index (χ3v) is 5.25. The highest BCUT2D eigenvalue weighted by atomic mass is 32.1. The summed E-state index contributed by atoms with van der Waals surface area (Å²) in [4.78, 5) is 12.3. The molecule has 0 aliphatic heterocycles. The van der Waals surface area contributed by atoms with Crippen molar-refractivity contribution < 1.29 is 23.0 Å². The molecule has 0 aromatic heterocycles. The number of amides is 1. The molecule has 0 unspecified atom stereocenters. The average Bonchev–Trinajstić information content (AvgIpc) is 2.64. The number of halogens is 2. The van der Waals surface area contributed by atoms with E-state index in [0.29, 0.717) is 16.9 Å². The fraction of sp³-hybridized carbons (Fsp3) is 0.579. The van der Waals surface area contributed by atoms with Crippen LogP contribution in [0.1, 0.15) is 50.4 Å². The molecule has 2 rings (SSSR count). The first-order chi connectivity index (χ1) is 13.3. The first-order valence-corrected chi connectivity index (χ1v) is 9.81. The number of carbonyl (C=O) groups excluding carboxylic acids is 1. The van der Waals surface area contributed by atoms with Gasteiger partial charge in [-0.1, -0.05) is 26.7 Å². The van der Waals surface area contributed by atoms with Crippen LogP contribution in [0.25, 0.3) is 0 Å². The summed E-state index contributed by atoms with van der Waals surface area (Å²) in [6.07, 6.45) is 3.39. The van der Waals surface area contributed by atoms with Gasteiger partial charge < -0.3 is 14.8 Å². The molecule has 3 N–H and O–H groups in total. The first-order valence-electron chi connectivity index (χ1n) is 9.40. The van der Waals surface area contributed by atoms with Gasteiger partial charge in [0.2, 0.25) is 0 Å². The summed E-state index contributed by atoms with van der Waals surface area (Å²) in [5.41, 5.74) is 5.42. The van der Waals surface area contributed by atoms with Gasteiger partial charge in [0.1, 0.15) is 0 Å². The van der Waals surface area contributed by atoms with E-state index in [2.05, 4.69) is 34.8 Å². The SMILES string of the molecule is CCOc1cc(C(=O)NNC(=S)N[C@H]2CCC[C@@H](C)[C@@H]2C)ccc1OC(F)F. The van der Waals surface area contributed by atoms with Gasteiger partial charge in [-0.2, -0.15) is 8.78 Å². The van der Waals surface area contributed by atoms with Gasteiger partial charge in [0, 0.05) is 11.6 Å². The van der Waals surface area contributed by atoms with E-state index in [1.807, 2.05) is 0 Å². The lowest BCUT2D eigenvalue weighted by Crippen LogP contribution is -2.52. The normalized spacial score (nSPS) is 21.7. The number of hydrogen-bond donors (Lipinski definition) is 3. The quantitative estimate of drug-likeness (QED) is 0.487. The van der Waals surface area contributed by atoms with Crippen molar-refractivity contribution in [3.8, 4) is 11.5 Å². The molecule has 1 amide bonds. The second-order valence-electron chi connectivity index (χ2n) is 6.90. The fourth-order valence-corrected chi connectivity index (χ4v) is 3.49. The summed E-state index contributed by atoms with van der Waals surface area (Å²) in [6.45, 7) is 3.40. The Balaban J connectivity index is 1.93. The molecule has 0 radical (unpaired) electrons. The Labute approximate surface area is 169 Å². The van der Waals surface area contributed by atoms with E-state index >= 15 is 0 Å². The van der Waals surface area contributed by atoms with Crippen molar-refractivity contribution in [1.29, 1.82) is 0 Å². The fourth-order valence-electron chi connectivity index (χ4n) is 3.29. The van der Waals surface area contributed by atoms with Gasteiger partial charge in [0.05, 0.1) is 6.61 Å². The first kappa shape index (κ1) is 22.1. The number of ether oxygens (including phenoxy) is 2. The highest BCUT2D eigenvalue weighted by Gasteiger charge is 2.27. The van der Waals surface area contributed by atoms with Gasteiger partial charge in [-0.25, -0.2) is 0 Å². The topological polar surface area (TPSA) is 71.6 Å². The van der Waals surface area contributed by atoms with Crippen molar-refractivity contribution in [2.24, 2.45) is 11.8 Å². The summed E-state index contributed by atoms with van der Waals surface area (Å²) in [7, 11) is 0. The Morgan fingerprint density at radius 2 is 2.00 bits per heavy atom. The Bertz CT molecular complexity index is 690. The van der Waals surface area contributed by atoms with E-state index in [-0.39, 0.29) is 29.7 Å². The zero-order valence-corrected chi connectivity index (χ0v) is 17.1. The summed E-state index contributed by atoms with van der Waals surface area (Å²) in [6, 6.07) is 4.25. The number of alkyl halides is 2. The highest BCUT2D eigenvalue weighted by Crippen LogP contribution is 2.30. The molecular formula is C19H27F2N3O3S. The molecule has 156 valence electrons. The lowest BCUT2D eigenvalue weighted by molar-refractivity contribution is -0.0514. The summed E-state index contributed by atoms with van der Waals surface area (Å²) < 4.78 is 34.6. The second kappa shape index (κ2) is 10.4. The van der Waals surface area contributed by atoms with Crippen LogP contribution in [0.4, 0.5) is 8.78 Å². The van der Waals surface area contributed by atoms with Gasteiger partial charge in [-0.05, 0) is 55.6 Å². The van der Waals surface area contributed by atoms with Crippen molar-refractivity contribution in [3.63, 3.8) is 0 Å². The Kier molecular flexibility index (Phi) is 8.22. The molecular weight excluding hydrogens is 388 g/mol. The zero-order valence-electron chi connectivity index (χ0n) is 16.3. The largest absolute Gasteiger partial charge is 0.490 e. The van der Waals surface area contributed by atoms with E-state index < -0.39 is 12.5 Å². The Hall–Kier alpha value is -2.16. The predicted molar refractivity (Wildman–Crippen MR) is 107 cm³/mol. The minimum atomic E-state index is -2.98. The van der Waals surface area contributed by atoms with Crippen LogP contribution in [0.15, 0.2) is 18.2 Å². The van der Waals surface area contributed by atoms with Crippen LogP contribution in [0.2, 0.25) is 0 Å². The summed E-state index contributed by atoms with van der Waals surface area (Å²) >= 11 is 5.27. The molecule has 3 atom stereocenters. The molecule has 28 heavy (non-hydrogen) atoms. The van der Waals surface area contributed by atoms with Crippen LogP contribution in [0.5, 0.6) is 11.5 Å². The van der Waals surface area contributed by atoms with Gasteiger partial charge in [0.15, 0.2) is 16.6 Å². The molecule has 1 aromatic rings. The van der Waals surface area contributed by atoms with Gasteiger partial charge in [-0.15, -0.1) is 0 Å². The lowest BCUT2D eigenvalue weighted by Gasteiger charge is -2.35. The van der Waals surface area contributed by atoms with Crippen LogP contribution >= 0.6 is 12.2 Å². The molecule has 1 aromatic carbocycles. The Morgan fingerprint density at radius 1 is 1.25 bits per heavy atom. The standard InChI is InChI=1S/C19H27F2N3O3S/c1-4-26-16-10-13(8-9-15(16)27-18(20)21)17(25)23-24-19(28)22-14-7-5-6-11(2)12(14)3/h8-12,14,18H,4-7H2,1-3H3,(H,23,25)(H2,22,24,28)/t11-,12+,14+/m1/s1. The van der Waals surface area contributed by atoms with E-state index in [1.54, 1.807) is 6.92 Å². The smallest absolute Gasteiger partial charge is 0.387 e. The molecule has 0 saturated heterocycles. The van der Waals surface area contributed by atoms with Crippen molar-refractivity contribution in [1.82, 2.24) is 16.2 Å². The Morgan fingerprint density at radius 3 is 2.68 bits per heavy atom. The van der Waals surface area contributed by atoms with Gasteiger partial charge in [-0.3, -0.25) is 15.6 Å².